The number of amides is 1. The van der Waals surface area contributed by atoms with Gasteiger partial charge in [0.25, 0.3) is 0 Å². The standard InChI is InChI=1S/C18H24FNO5/c1-18(2,3)25-17(22)20-9-7-13(8-10-20)24-15-11-12(19)5-6-14(15)16(21)23-4/h5-6,11,13H,7-10H2,1-4H3. The Bertz CT molecular complexity index is 633. The molecule has 7 heteroatoms. The molecule has 1 fully saturated rings. The van der Waals surface area contributed by atoms with Crippen LogP contribution in [-0.4, -0.2) is 48.9 Å². The van der Waals surface area contributed by atoms with E-state index in [-0.39, 0.29) is 23.5 Å². The molecule has 1 aromatic rings. The molecular formula is C18H24FNO5. The summed E-state index contributed by atoms with van der Waals surface area (Å²) in [6.07, 6.45) is 0.558. The summed E-state index contributed by atoms with van der Waals surface area (Å²) in [5.74, 6) is -0.919. The van der Waals surface area contributed by atoms with Crippen molar-refractivity contribution >= 4 is 12.1 Å². The number of piperidine rings is 1. The minimum absolute atomic E-state index is 0.155. The number of esters is 1. The molecule has 0 aromatic heterocycles. The molecule has 1 heterocycles. The lowest BCUT2D eigenvalue weighted by Gasteiger charge is -2.33. The number of hydrogen-bond donors (Lipinski definition) is 0. The van der Waals surface area contributed by atoms with Crippen LogP contribution < -0.4 is 4.74 Å². The molecule has 0 spiro atoms. The van der Waals surface area contributed by atoms with Crippen molar-refractivity contribution in [2.45, 2.75) is 45.3 Å². The van der Waals surface area contributed by atoms with E-state index in [0.29, 0.717) is 25.9 Å². The molecule has 6 nitrogen and oxygen atoms in total. The van der Waals surface area contributed by atoms with Crippen LogP contribution in [0.25, 0.3) is 0 Å². The Hall–Kier alpha value is -2.31. The highest BCUT2D eigenvalue weighted by Crippen LogP contribution is 2.25. The van der Waals surface area contributed by atoms with E-state index >= 15 is 0 Å². The number of hydrogen-bond acceptors (Lipinski definition) is 5. The van der Waals surface area contributed by atoms with Gasteiger partial charge < -0.3 is 19.1 Å². The molecule has 0 N–H and O–H groups in total. The van der Waals surface area contributed by atoms with Crippen LogP contribution in [0.3, 0.4) is 0 Å². The number of ether oxygens (including phenoxy) is 3. The summed E-state index contributed by atoms with van der Waals surface area (Å²) in [6, 6.07) is 3.70. The van der Waals surface area contributed by atoms with Crippen molar-refractivity contribution in [1.29, 1.82) is 0 Å². The first-order valence-electron chi connectivity index (χ1n) is 8.22. The molecule has 0 bridgehead atoms. The first-order chi connectivity index (χ1) is 11.7. The Kier molecular flexibility index (Phi) is 5.87. The van der Waals surface area contributed by atoms with Crippen LogP contribution in [0.1, 0.15) is 44.0 Å². The summed E-state index contributed by atoms with van der Waals surface area (Å²) in [5, 5.41) is 0. The quantitative estimate of drug-likeness (QED) is 0.780. The first-order valence-corrected chi connectivity index (χ1v) is 8.22. The molecule has 138 valence electrons. The van der Waals surface area contributed by atoms with E-state index in [0.717, 1.165) is 0 Å². The third-order valence-corrected chi connectivity index (χ3v) is 3.74. The molecule has 1 amide bonds. The molecule has 1 aliphatic rings. The number of likely N-dealkylation sites (tertiary alicyclic amines) is 1. The second kappa shape index (κ2) is 7.72. The van der Waals surface area contributed by atoms with Gasteiger partial charge in [-0.15, -0.1) is 0 Å². The molecule has 2 rings (SSSR count). The SMILES string of the molecule is COC(=O)c1ccc(F)cc1OC1CCN(C(=O)OC(C)(C)C)CC1. The lowest BCUT2D eigenvalue weighted by Crippen LogP contribution is -2.44. The van der Waals surface area contributed by atoms with Crippen molar-refractivity contribution in [3.05, 3.63) is 29.6 Å². The molecule has 1 aromatic carbocycles. The van der Waals surface area contributed by atoms with E-state index in [4.69, 9.17) is 14.2 Å². The number of carbonyl (C=O) groups is 2. The van der Waals surface area contributed by atoms with Gasteiger partial charge in [-0.25, -0.2) is 14.0 Å². The van der Waals surface area contributed by atoms with Crippen molar-refractivity contribution in [3.8, 4) is 5.75 Å². The summed E-state index contributed by atoms with van der Waals surface area (Å²) in [7, 11) is 1.26. The second-order valence-electron chi connectivity index (χ2n) is 6.92. The van der Waals surface area contributed by atoms with E-state index < -0.39 is 17.4 Å². The monoisotopic (exact) mass is 353 g/mol. The normalized spacial score (nSPS) is 15.6. The van der Waals surface area contributed by atoms with Gasteiger partial charge >= 0.3 is 12.1 Å². The van der Waals surface area contributed by atoms with E-state index in [1.54, 1.807) is 4.90 Å². The van der Waals surface area contributed by atoms with Gasteiger partial charge in [0.05, 0.1) is 7.11 Å². The van der Waals surface area contributed by atoms with Gasteiger partial charge in [0.2, 0.25) is 0 Å². The summed E-state index contributed by atoms with van der Waals surface area (Å²) in [4.78, 5) is 25.4. The number of benzene rings is 1. The minimum atomic E-state index is -0.582. The highest BCUT2D eigenvalue weighted by molar-refractivity contribution is 5.92. The zero-order chi connectivity index (χ0) is 18.6. The number of methoxy groups -OCH3 is 1. The van der Waals surface area contributed by atoms with Crippen LogP contribution in [0.5, 0.6) is 5.75 Å². The van der Waals surface area contributed by atoms with Gasteiger partial charge in [-0.05, 0) is 32.9 Å². The number of halogens is 1. The first kappa shape index (κ1) is 19.0. The highest BCUT2D eigenvalue weighted by Gasteiger charge is 2.28. The Balaban J connectivity index is 1.97. The summed E-state index contributed by atoms with van der Waals surface area (Å²) >= 11 is 0. The van der Waals surface area contributed by atoms with Gasteiger partial charge in [-0.2, -0.15) is 0 Å². The van der Waals surface area contributed by atoms with Crippen molar-refractivity contribution in [1.82, 2.24) is 4.90 Å². The third kappa shape index (κ3) is 5.34. The lowest BCUT2D eigenvalue weighted by atomic mass is 10.1. The van der Waals surface area contributed by atoms with Crippen LogP contribution >= 0.6 is 0 Å². The van der Waals surface area contributed by atoms with Crippen molar-refractivity contribution in [2.24, 2.45) is 0 Å². The maximum Gasteiger partial charge on any atom is 0.410 e. The van der Waals surface area contributed by atoms with Gasteiger partial charge in [0.1, 0.15) is 28.8 Å². The third-order valence-electron chi connectivity index (χ3n) is 3.74. The minimum Gasteiger partial charge on any atom is -0.489 e. The van der Waals surface area contributed by atoms with E-state index in [9.17, 15) is 14.0 Å². The topological polar surface area (TPSA) is 65.1 Å². The maximum absolute atomic E-state index is 13.5. The smallest absolute Gasteiger partial charge is 0.410 e. The Labute approximate surface area is 146 Å². The average molecular weight is 353 g/mol. The zero-order valence-corrected chi connectivity index (χ0v) is 15.0. The van der Waals surface area contributed by atoms with Crippen molar-refractivity contribution in [3.63, 3.8) is 0 Å². The fraction of sp³-hybridized carbons (Fsp3) is 0.556. The summed E-state index contributed by atoms with van der Waals surface area (Å²) < 4.78 is 29.3. The van der Waals surface area contributed by atoms with E-state index in [1.807, 2.05) is 20.8 Å². The van der Waals surface area contributed by atoms with Crippen LogP contribution in [0.15, 0.2) is 18.2 Å². The molecule has 1 saturated heterocycles. The Morgan fingerprint density at radius 2 is 1.84 bits per heavy atom. The number of nitrogens with zero attached hydrogens (tertiary/aromatic N) is 1. The molecule has 0 aliphatic carbocycles. The largest absolute Gasteiger partial charge is 0.489 e. The highest BCUT2D eigenvalue weighted by atomic mass is 19.1. The van der Waals surface area contributed by atoms with Gasteiger partial charge in [-0.1, -0.05) is 0 Å². The van der Waals surface area contributed by atoms with Crippen LogP contribution in [0.4, 0.5) is 9.18 Å². The molecule has 1 aliphatic heterocycles. The molecule has 0 atom stereocenters. The molecular weight excluding hydrogens is 329 g/mol. The Morgan fingerprint density at radius 1 is 1.20 bits per heavy atom. The van der Waals surface area contributed by atoms with Crippen LogP contribution in [-0.2, 0) is 9.47 Å². The summed E-state index contributed by atoms with van der Waals surface area (Å²) in [6.45, 7) is 6.40. The zero-order valence-electron chi connectivity index (χ0n) is 15.0. The summed E-state index contributed by atoms with van der Waals surface area (Å²) in [5.41, 5.74) is -0.361. The van der Waals surface area contributed by atoms with Crippen LogP contribution in [0.2, 0.25) is 0 Å². The van der Waals surface area contributed by atoms with E-state index in [1.165, 1.54) is 25.3 Å². The molecule has 25 heavy (non-hydrogen) atoms. The van der Waals surface area contributed by atoms with E-state index in [2.05, 4.69) is 0 Å². The lowest BCUT2D eigenvalue weighted by molar-refractivity contribution is 0.0126. The average Bonchev–Trinajstić information content (AvgIpc) is 2.53. The van der Waals surface area contributed by atoms with Gasteiger partial charge in [0.15, 0.2) is 0 Å². The number of carbonyl (C=O) groups excluding carboxylic acids is 2. The predicted molar refractivity (Wildman–Crippen MR) is 89.2 cm³/mol. The van der Waals surface area contributed by atoms with Gasteiger partial charge in [-0.3, -0.25) is 0 Å². The van der Waals surface area contributed by atoms with Crippen molar-refractivity contribution in [2.75, 3.05) is 20.2 Å². The fourth-order valence-corrected chi connectivity index (χ4v) is 2.53. The second-order valence-corrected chi connectivity index (χ2v) is 6.92. The fourth-order valence-electron chi connectivity index (χ4n) is 2.53. The van der Waals surface area contributed by atoms with Crippen LogP contribution in [0, 0.1) is 5.82 Å². The predicted octanol–water partition coefficient (Wildman–Crippen LogP) is 3.39. The van der Waals surface area contributed by atoms with Gasteiger partial charge in [0, 0.05) is 32.0 Å². The molecule has 0 unspecified atom stereocenters. The maximum atomic E-state index is 13.5. The Morgan fingerprint density at radius 3 is 2.40 bits per heavy atom. The molecule has 0 radical (unpaired) electrons. The van der Waals surface area contributed by atoms with Crippen molar-refractivity contribution < 1.29 is 28.2 Å². The number of rotatable bonds is 3. The molecule has 0 saturated carbocycles.